The monoisotopic (exact) mass is 379 g/mol. The summed E-state index contributed by atoms with van der Waals surface area (Å²) in [5, 5.41) is 4.26. The topological polar surface area (TPSA) is 98.7 Å². The Bertz CT molecular complexity index is 670. The minimum Gasteiger partial charge on any atom is -0.452 e. The van der Waals surface area contributed by atoms with Crippen molar-refractivity contribution in [2.75, 3.05) is 26.9 Å². The maximum Gasteiger partial charge on any atom is 0.406 e. The molecule has 8 nitrogen and oxygen atoms in total. The molecule has 1 heterocycles. The van der Waals surface area contributed by atoms with Gasteiger partial charge in [0, 0.05) is 25.0 Å². The normalized spacial score (nSPS) is 11.2. The van der Waals surface area contributed by atoms with Crippen molar-refractivity contribution < 1.29 is 37.0 Å². The van der Waals surface area contributed by atoms with Crippen molar-refractivity contribution in [1.82, 2.24) is 15.2 Å². The van der Waals surface area contributed by atoms with Gasteiger partial charge in [-0.25, -0.2) is 9.59 Å². The number of methoxy groups -OCH3 is 1. The van der Waals surface area contributed by atoms with Crippen molar-refractivity contribution in [3.8, 4) is 0 Å². The second kappa shape index (κ2) is 9.22. The number of imide groups is 1. The molecule has 0 spiro atoms. The van der Waals surface area contributed by atoms with E-state index in [1.54, 1.807) is 0 Å². The molecule has 0 aromatic carbocycles. The van der Waals surface area contributed by atoms with Gasteiger partial charge in [0.15, 0.2) is 6.61 Å². The summed E-state index contributed by atoms with van der Waals surface area (Å²) in [4.78, 5) is 34.8. The molecule has 11 heteroatoms. The van der Waals surface area contributed by atoms with Crippen molar-refractivity contribution >= 4 is 17.9 Å². The number of carbonyl (C=O) groups excluding carboxylic acids is 3. The number of carbonyl (C=O) groups is 3. The van der Waals surface area contributed by atoms with E-state index in [1.165, 1.54) is 27.0 Å². The molecule has 0 radical (unpaired) electrons. The Morgan fingerprint density at radius 1 is 1.23 bits per heavy atom. The number of hydrogen-bond donors (Lipinski definition) is 2. The summed E-state index contributed by atoms with van der Waals surface area (Å²) in [6.45, 7) is 1.22. The molecule has 1 aromatic heterocycles. The third kappa shape index (κ3) is 6.75. The Morgan fingerprint density at radius 3 is 2.46 bits per heavy atom. The highest BCUT2D eigenvalue weighted by Gasteiger charge is 2.30. The standard InChI is InChI=1S/C15H20F3N3O5/c1-9-6-11(10(2)21(9)8-15(16,17)18)13(23)26-7-12(22)20-14(24)19-4-5-25-3/h6H,4-5,7-8H2,1-3H3,(H2,19,20,22,24). The first-order valence-electron chi connectivity index (χ1n) is 7.52. The fraction of sp³-hybridized carbons (Fsp3) is 0.533. The number of nitrogens with zero attached hydrogens (tertiary/aromatic N) is 1. The van der Waals surface area contributed by atoms with Crippen LogP contribution in [0.2, 0.25) is 0 Å². The van der Waals surface area contributed by atoms with Gasteiger partial charge in [0.2, 0.25) is 0 Å². The van der Waals surface area contributed by atoms with Crippen LogP contribution in [-0.4, -0.2) is 55.5 Å². The Kier molecular flexibility index (Phi) is 7.62. The van der Waals surface area contributed by atoms with E-state index in [2.05, 4.69) is 5.32 Å². The molecule has 0 bridgehead atoms. The molecule has 0 atom stereocenters. The zero-order valence-corrected chi connectivity index (χ0v) is 14.5. The van der Waals surface area contributed by atoms with Crippen LogP contribution in [0.4, 0.5) is 18.0 Å². The predicted molar refractivity (Wildman–Crippen MR) is 83.7 cm³/mol. The Labute approximate surface area is 147 Å². The lowest BCUT2D eigenvalue weighted by Gasteiger charge is -2.12. The number of hydrogen-bond acceptors (Lipinski definition) is 5. The van der Waals surface area contributed by atoms with Gasteiger partial charge in [-0.15, -0.1) is 0 Å². The third-order valence-electron chi connectivity index (χ3n) is 3.31. The van der Waals surface area contributed by atoms with Crippen molar-refractivity contribution in [2.45, 2.75) is 26.6 Å². The van der Waals surface area contributed by atoms with Gasteiger partial charge in [0.1, 0.15) is 6.54 Å². The van der Waals surface area contributed by atoms with Crippen LogP contribution in [-0.2, 0) is 20.8 Å². The van der Waals surface area contributed by atoms with Crippen molar-refractivity contribution in [2.24, 2.45) is 0 Å². The lowest BCUT2D eigenvalue weighted by molar-refractivity contribution is -0.141. The average Bonchev–Trinajstić information content (AvgIpc) is 2.79. The van der Waals surface area contributed by atoms with Crippen molar-refractivity contribution in [3.63, 3.8) is 0 Å². The highest BCUT2D eigenvalue weighted by Crippen LogP contribution is 2.23. The van der Waals surface area contributed by atoms with E-state index in [4.69, 9.17) is 9.47 Å². The lowest BCUT2D eigenvalue weighted by Crippen LogP contribution is -2.42. The van der Waals surface area contributed by atoms with Gasteiger partial charge in [0.25, 0.3) is 5.91 Å². The van der Waals surface area contributed by atoms with Gasteiger partial charge >= 0.3 is 18.2 Å². The van der Waals surface area contributed by atoms with Gasteiger partial charge in [0.05, 0.1) is 12.2 Å². The molecule has 3 amide bonds. The molecule has 0 aliphatic carbocycles. The van der Waals surface area contributed by atoms with E-state index in [9.17, 15) is 27.6 Å². The first-order valence-corrected chi connectivity index (χ1v) is 7.52. The Balaban J connectivity index is 2.59. The fourth-order valence-corrected chi connectivity index (χ4v) is 2.11. The van der Waals surface area contributed by atoms with Crippen LogP contribution >= 0.6 is 0 Å². The molecule has 1 rings (SSSR count). The quantitative estimate of drug-likeness (QED) is 0.550. The maximum absolute atomic E-state index is 12.6. The molecular formula is C15H20F3N3O5. The number of nitrogens with one attached hydrogen (secondary N) is 2. The fourth-order valence-electron chi connectivity index (χ4n) is 2.11. The van der Waals surface area contributed by atoms with Gasteiger partial charge < -0.3 is 19.4 Å². The summed E-state index contributed by atoms with van der Waals surface area (Å²) in [5.74, 6) is -1.83. The smallest absolute Gasteiger partial charge is 0.406 e. The summed E-state index contributed by atoms with van der Waals surface area (Å²) in [7, 11) is 1.44. The molecular weight excluding hydrogens is 359 g/mol. The predicted octanol–water partition coefficient (Wildman–Crippen LogP) is 1.30. The van der Waals surface area contributed by atoms with E-state index in [0.717, 1.165) is 4.57 Å². The van der Waals surface area contributed by atoms with Crippen LogP contribution in [0.5, 0.6) is 0 Å². The summed E-state index contributed by atoms with van der Waals surface area (Å²) in [6, 6.07) is 0.463. The van der Waals surface area contributed by atoms with Gasteiger partial charge in [-0.1, -0.05) is 0 Å². The minimum absolute atomic E-state index is 0.0718. The van der Waals surface area contributed by atoms with Crippen LogP contribution in [0.1, 0.15) is 21.7 Å². The molecule has 146 valence electrons. The van der Waals surface area contributed by atoms with Crippen LogP contribution in [0.25, 0.3) is 0 Å². The Hall–Kier alpha value is -2.56. The van der Waals surface area contributed by atoms with E-state index in [-0.39, 0.29) is 30.1 Å². The maximum atomic E-state index is 12.6. The van der Waals surface area contributed by atoms with Crippen molar-refractivity contribution in [1.29, 1.82) is 0 Å². The number of esters is 1. The minimum atomic E-state index is -4.44. The summed E-state index contributed by atoms with van der Waals surface area (Å²) >= 11 is 0. The molecule has 1 aromatic rings. The first-order chi connectivity index (χ1) is 12.0. The van der Waals surface area contributed by atoms with Gasteiger partial charge in [-0.2, -0.15) is 13.2 Å². The Morgan fingerprint density at radius 2 is 1.88 bits per heavy atom. The van der Waals surface area contributed by atoms with E-state index in [0.29, 0.717) is 0 Å². The van der Waals surface area contributed by atoms with Gasteiger partial charge in [-0.3, -0.25) is 10.1 Å². The zero-order chi connectivity index (χ0) is 19.9. The molecule has 0 saturated heterocycles. The second-order valence-electron chi connectivity index (χ2n) is 5.36. The second-order valence-corrected chi connectivity index (χ2v) is 5.36. The summed E-state index contributed by atoms with van der Waals surface area (Å²) < 4.78 is 48.1. The largest absolute Gasteiger partial charge is 0.452 e. The first kappa shape index (κ1) is 21.5. The van der Waals surface area contributed by atoms with Crippen molar-refractivity contribution in [3.05, 3.63) is 23.0 Å². The number of amides is 3. The van der Waals surface area contributed by atoms with E-state index in [1.807, 2.05) is 5.32 Å². The number of ether oxygens (including phenoxy) is 2. The van der Waals surface area contributed by atoms with Crippen LogP contribution < -0.4 is 10.6 Å². The number of halogens is 3. The number of urea groups is 1. The van der Waals surface area contributed by atoms with Crippen LogP contribution in [0.15, 0.2) is 6.07 Å². The highest BCUT2D eigenvalue weighted by atomic mass is 19.4. The molecule has 0 aliphatic heterocycles. The summed E-state index contributed by atoms with van der Waals surface area (Å²) in [5.41, 5.74) is 0.223. The SMILES string of the molecule is COCCNC(=O)NC(=O)COC(=O)c1cc(C)n(CC(F)(F)F)c1C. The van der Waals surface area contributed by atoms with Crippen LogP contribution in [0, 0.1) is 13.8 Å². The van der Waals surface area contributed by atoms with E-state index < -0.39 is 37.2 Å². The van der Waals surface area contributed by atoms with E-state index >= 15 is 0 Å². The van der Waals surface area contributed by atoms with Gasteiger partial charge in [-0.05, 0) is 19.9 Å². The summed E-state index contributed by atoms with van der Waals surface area (Å²) in [6.07, 6.45) is -4.44. The average molecular weight is 379 g/mol. The lowest BCUT2D eigenvalue weighted by atomic mass is 10.2. The van der Waals surface area contributed by atoms with Crippen LogP contribution in [0.3, 0.4) is 0 Å². The number of rotatable bonds is 7. The zero-order valence-electron chi connectivity index (χ0n) is 14.5. The molecule has 0 saturated carbocycles. The third-order valence-corrected chi connectivity index (χ3v) is 3.31. The molecule has 0 unspecified atom stereocenters. The highest BCUT2D eigenvalue weighted by molar-refractivity contribution is 5.97. The number of alkyl halides is 3. The molecule has 2 N–H and O–H groups in total. The number of aryl methyl sites for hydroxylation is 1. The molecule has 0 aliphatic rings. The molecule has 26 heavy (non-hydrogen) atoms. The number of aromatic nitrogens is 1. The molecule has 0 fully saturated rings.